The Balaban J connectivity index is 2.40. The number of hydrogen-bond acceptors (Lipinski definition) is 0. The Morgan fingerprint density at radius 3 is 1.88 bits per heavy atom. The first-order valence-electron chi connectivity index (χ1n) is 12.8. The van der Waals surface area contributed by atoms with E-state index in [0.29, 0.717) is 0 Å². The topological polar surface area (TPSA) is 0 Å². The second-order valence-electron chi connectivity index (χ2n) is 13.1. The summed E-state index contributed by atoms with van der Waals surface area (Å²) in [6, 6.07) is 12.3. The monoisotopic (exact) mass is 607 g/mol. The van der Waals surface area contributed by atoms with Gasteiger partial charge in [-0.15, -0.1) is 0 Å². The first-order valence-corrected chi connectivity index (χ1v) is 27.5. The van der Waals surface area contributed by atoms with E-state index < -0.39 is 35.5 Å². The minimum absolute atomic E-state index is 0.0534. The van der Waals surface area contributed by atoms with Gasteiger partial charge in [0.2, 0.25) is 0 Å². The first-order chi connectivity index (χ1) is 15.6. The number of hydrogen-bond donors (Lipinski definition) is 0. The van der Waals surface area contributed by atoms with Crippen LogP contribution in [-0.4, -0.2) is 16.1 Å². The normalized spacial score (nSPS) is 16.5. The van der Waals surface area contributed by atoms with Gasteiger partial charge < -0.3 is 0 Å². The predicted molar refractivity (Wildman–Crippen MR) is 158 cm³/mol. The molecule has 0 saturated heterocycles. The Bertz CT molecular complexity index is 1050. The van der Waals surface area contributed by atoms with Gasteiger partial charge in [0.05, 0.1) is 0 Å². The summed E-state index contributed by atoms with van der Waals surface area (Å²) in [7, 11) is 10.7. The second kappa shape index (κ2) is 10.4. The van der Waals surface area contributed by atoms with Crippen molar-refractivity contribution in [2.75, 3.05) is 0 Å². The van der Waals surface area contributed by atoms with Crippen molar-refractivity contribution in [1.82, 2.24) is 0 Å². The van der Waals surface area contributed by atoms with Gasteiger partial charge in [-0.05, 0) is 0 Å². The van der Waals surface area contributed by atoms with Crippen molar-refractivity contribution >= 4 is 49.6 Å². The van der Waals surface area contributed by atoms with E-state index in [9.17, 15) is 0 Å². The van der Waals surface area contributed by atoms with Gasteiger partial charge in [-0.2, -0.15) is 0 Å². The second-order valence-corrected chi connectivity index (χ2v) is 32.0. The first kappa shape index (κ1) is 28.6. The molecule has 1 aliphatic carbocycles. The predicted octanol–water partition coefficient (Wildman–Crippen LogP) is 9.30. The molecule has 0 N–H and O–H groups in total. The molecule has 1 aliphatic rings. The molecule has 34 heavy (non-hydrogen) atoms. The molecule has 3 rings (SSSR count). The maximum atomic E-state index is 6.82. The molecular weight excluding hydrogens is 567 g/mol. The fraction of sp³-hybridized carbons (Fsp3) is 0.517. The summed E-state index contributed by atoms with van der Waals surface area (Å²) in [6.07, 6.45) is 5.99. The van der Waals surface area contributed by atoms with E-state index in [1.165, 1.54) is 46.2 Å². The van der Waals surface area contributed by atoms with Gasteiger partial charge in [-0.1, -0.05) is 0 Å². The van der Waals surface area contributed by atoms with Crippen molar-refractivity contribution in [2.24, 2.45) is 0 Å². The van der Waals surface area contributed by atoms with E-state index >= 15 is 0 Å². The van der Waals surface area contributed by atoms with Crippen LogP contribution in [0.1, 0.15) is 67.3 Å². The third-order valence-electron chi connectivity index (χ3n) is 7.09. The van der Waals surface area contributed by atoms with E-state index in [4.69, 9.17) is 17.0 Å². The van der Waals surface area contributed by atoms with Gasteiger partial charge >= 0.3 is 228 Å². The zero-order valence-corrected chi connectivity index (χ0v) is 28.9. The minimum atomic E-state index is -2.54. The SMILES string of the molecule is CCCCC1=Cc2c(ccc(C(C)(C)C)c2-c2cc([Si](C)(C)C)cc([Si](C)(C)C)c2)[CH]1[Zr]([Cl])[Cl]. The van der Waals surface area contributed by atoms with Crippen molar-refractivity contribution < 1.29 is 19.4 Å². The summed E-state index contributed by atoms with van der Waals surface area (Å²) >= 11 is -2.54. The van der Waals surface area contributed by atoms with Crippen LogP contribution in [0.4, 0.5) is 0 Å². The van der Waals surface area contributed by atoms with Gasteiger partial charge in [-0.3, -0.25) is 0 Å². The van der Waals surface area contributed by atoms with Gasteiger partial charge in [0.1, 0.15) is 0 Å². The average Bonchev–Trinajstić information content (AvgIpc) is 3.07. The third kappa shape index (κ3) is 6.13. The number of rotatable bonds is 7. The summed E-state index contributed by atoms with van der Waals surface area (Å²) in [5.74, 6) is 0. The van der Waals surface area contributed by atoms with Crippen LogP contribution in [-0.2, 0) is 24.8 Å². The van der Waals surface area contributed by atoms with E-state index in [1.54, 1.807) is 10.4 Å². The molecule has 0 bridgehead atoms. The fourth-order valence-electron chi connectivity index (χ4n) is 4.94. The molecule has 0 aliphatic heterocycles. The summed E-state index contributed by atoms with van der Waals surface area (Å²) in [6.45, 7) is 24.1. The number of fused-ring (bicyclic) bond motifs is 1. The molecule has 2 aromatic carbocycles. The summed E-state index contributed by atoms with van der Waals surface area (Å²) < 4.78 is 0.289. The Labute approximate surface area is 226 Å². The summed E-state index contributed by atoms with van der Waals surface area (Å²) in [5, 5.41) is 3.13. The molecule has 0 radical (unpaired) electrons. The van der Waals surface area contributed by atoms with Gasteiger partial charge in [-0.25, -0.2) is 0 Å². The van der Waals surface area contributed by atoms with Crippen LogP contribution >= 0.6 is 17.0 Å². The quantitative estimate of drug-likeness (QED) is 0.275. The van der Waals surface area contributed by atoms with Crippen molar-refractivity contribution in [3.05, 3.63) is 52.6 Å². The van der Waals surface area contributed by atoms with Crippen LogP contribution in [0.15, 0.2) is 35.9 Å². The molecule has 0 nitrogen and oxygen atoms in total. The molecule has 5 heteroatoms. The van der Waals surface area contributed by atoms with E-state index in [-0.39, 0.29) is 9.04 Å². The standard InChI is InChI=1S/C29H43Si2.2ClH.Zr/c1-11-12-13-21-16-22-14-15-27(29(2,3)4)28(26(22)17-21)23-18-24(30(5,6)7)20-25(19-23)31(8,9)10;;;/h14-20H,11-13H2,1-10H3;2*1H;/q;;;+2/p-2. The zero-order chi connectivity index (χ0) is 25.6. The van der Waals surface area contributed by atoms with Crippen LogP contribution in [0.25, 0.3) is 17.2 Å². The summed E-state index contributed by atoms with van der Waals surface area (Å²) in [4.78, 5) is 0. The van der Waals surface area contributed by atoms with Crippen LogP contribution in [0.2, 0.25) is 39.3 Å². The van der Waals surface area contributed by atoms with Crippen molar-refractivity contribution in [1.29, 1.82) is 0 Å². The third-order valence-corrected chi connectivity index (χ3v) is 16.5. The van der Waals surface area contributed by atoms with E-state index in [2.05, 4.69) is 103 Å². The number of unbranched alkanes of at least 4 members (excludes halogenated alkanes) is 1. The van der Waals surface area contributed by atoms with Crippen LogP contribution in [0, 0.1) is 0 Å². The molecule has 2 aromatic rings. The molecule has 0 aromatic heterocycles. The zero-order valence-electron chi connectivity index (χ0n) is 22.9. The molecule has 185 valence electrons. The molecule has 0 spiro atoms. The van der Waals surface area contributed by atoms with Gasteiger partial charge in [0, 0.05) is 0 Å². The van der Waals surface area contributed by atoms with Crippen molar-refractivity contribution in [3.8, 4) is 11.1 Å². The van der Waals surface area contributed by atoms with Gasteiger partial charge in [0.25, 0.3) is 0 Å². The number of allylic oxidation sites excluding steroid dienone is 1. The van der Waals surface area contributed by atoms with Crippen molar-refractivity contribution in [2.45, 2.75) is 95.3 Å². The van der Waals surface area contributed by atoms with Crippen molar-refractivity contribution in [3.63, 3.8) is 0 Å². The van der Waals surface area contributed by atoms with Crippen LogP contribution in [0.5, 0.6) is 0 Å². The molecule has 1 unspecified atom stereocenters. The molecule has 0 fully saturated rings. The Morgan fingerprint density at radius 1 is 0.882 bits per heavy atom. The fourth-order valence-corrected chi connectivity index (χ4v) is 12.9. The van der Waals surface area contributed by atoms with Crippen LogP contribution < -0.4 is 10.4 Å². The molecule has 1 atom stereocenters. The summed E-state index contributed by atoms with van der Waals surface area (Å²) in [5.41, 5.74) is 8.59. The average molecular weight is 610 g/mol. The van der Waals surface area contributed by atoms with Crippen LogP contribution in [0.3, 0.4) is 0 Å². The maximum absolute atomic E-state index is 6.82. The molecule has 0 saturated carbocycles. The number of halogens is 2. The Morgan fingerprint density at radius 2 is 1.44 bits per heavy atom. The molecule has 0 heterocycles. The Kier molecular flexibility index (Phi) is 8.80. The molecule has 0 amide bonds. The number of benzene rings is 2. The Hall–Kier alpha value is 0.0769. The van der Waals surface area contributed by atoms with E-state index in [0.717, 1.165) is 6.42 Å². The molecular formula is C29H43Cl2Si2Zr. The van der Waals surface area contributed by atoms with E-state index in [1.807, 2.05) is 0 Å². The van der Waals surface area contributed by atoms with Gasteiger partial charge in [0.15, 0.2) is 0 Å².